The summed E-state index contributed by atoms with van der Waals surface area (Å²) in [6.07, 6.45) is 3.56. The first-order valence-electron chi connectivity index (χ1n) is 5.61. The normalized spacial score (nSPS) is 10.8. The van der Waals surface area contributed by atoms with Gasteiger partial charge in [0, 0.05) is 27.8 Å². The quantitative estimate of drug-likeness (QED) is 0.757. The molecule has 0 aliphatic carbocycles. The molecule has 0 atom stereocenters. The van der Waals surface area contributed by atoms with Crippen LogP contribution >= 0.6 is 15.9 Å². The van der Waals surface area contributed by atoms with E-state index in [1.807, 2.05) is 18.3 Å². The van der Waals surface area contributed by atoms with E-state index < -0.39 is 5.97 Å². The number of aromatic carboxylic acids is 1. The minimum Gasteiger partial charge on any atom is -0.478 e. The molecule has 5 heteroatoms. The summed E-state index contributed by atoms with van der Waals surface area (Å²) in [6, 6.07) is 8.82. The molecule has 0 radical (unpaired) electrons. The highest BCUT2D eigenvalue weighted by Gasteiger charge is 2.10. The summed E-state index contributed by atoms with van der Waals surface area (Å²) in [5, 5.41) is 9.99. The number of benzene rings is 1. The number of pyridine rings is 1. The maximum absolute atomic E-state index is 11.0. The molecular formula is C14H9BrN2O2. The minimum atomic E-state index is -0.930. The predicted octanol–water partition coefficient (Wildman–Crippen LogP) is 3.69. The molecule has 0 bridgehead atoms. The number of rotatable bonds is 2. The molecule has 1 aromatic carbocycles. The number of aromatic amines is 1. The lowest BCUT2D eigenvalue weighted by Crippen LogP contribution is -1.95. The van der Waals surface area contributed by atoms with Crippen LogP contribution in [0, 0.1) is 0 Å². The van der Waals surface area contributed by atoms with Crippen molar-refractivity contribution in [1.82, 2.24) is 9.97 Å². The van der Waals surface area contributed by atoms with Gasteiger partial charge in [0.15, 0.2) is 0 Å². The first-order valence-corrected chi connectivity index (χ1v) is 6.41. The highest BCUT2D eigenvalue weighted by molar-refractivity contribution is 9.10. The van der Waals surface area contributed by atoms with E-state index in [1.54, 1.807) is 24.4 Å². The molecule has 0 saturated carbocycles. The average Bonchev–Trinajstić information content (AvgIpc) is 2.81. The number of hydrogen-bond donors (Lipinski definition) is 2. The Labute approximate surface area is 117 Å². The fourth-order valence-corrected chi connectivity index (χ4v) is 2.37. The summed E-state index contributed by atoms with van der Waals surface area (Å²) in [7, 11) is 0. The third-order valence-electron chi connectivity index (χ3n) is 2.92. The first kappa shape index (κ1) is 11.9. The van der Waals surface area contributed by atoms with Crippen molar-refractivity contribution in [3.05, 3.63) is 52.8 Å². The van der Waals surface area contributed by atoms with E-state index in [9.17, 15) is 4.79 Å². The second-order valence-corrected chi connectivity index (χ2v) is 5.05. The standard InChI is InChI=1S/C14H9BrN2O2/c15-10-5-11-12(7-17-13(11)16-6-10)8-2-1-3-9(4-8)14(18)19/h1-7H,(H,16,17)(H,18,19). The molecule has 2 heterocycles. The molecule has 0 spiro atoms. The number of carboxylic acids is 1. The number of carboxylic acid groups (broad SMARTS) is 1. The maximum atomic E-state index is 11.0. The Bertz CT molecular complexity index is 780. The van der Waals surface area contributed by atoms with Gasteiger partial charge in [-0.05, 0) is 39.7 Å². The molecule has 2 aromatic heterocycles. The Kier molecular flexibility index (Phi) is 2.83. The number of H-pyrrole nitrogens is 1. The van der Waals surface area contributed by atoms with Crippen LogP contribution in [0.3, 0.4) is 0 Å². The summed E-state index contributed by atoms with van der Waals surface area (Å²) in [5.74, 6) is -0.930. The number of hydrogen-bond acceptors (Lipinski definition) is 2. The van der Waals surface area contributed by atoms with E-state index >= 15 is 0 Å². The molecule has 3 aromatic rings. The second kappa shape index (κ2) is 4.51. The summed E-state index contributed by atoms with van der Waals surface area (Å²) in [5.41, 5.74) is 2.84. The molecule has 0 aliphatic rings. The third-order valence-corrected chi connectivity index (χ3v) is 3.35. The number of carbonyl (C=O) groups is 1. The number of fused-ring (bicyclic) bond motifs is 1. The molecule has 94 valence electrons. The zero-order valence-electron chi connectivity index (χ0n) is 9.72. The van der Waals surface area contributed by atoms with Crippen LogP contribution in [0.2, 0.25) is 0 Å². The lowest BCUT2D eigenvalue weighted by atomic mass is 10.0. The summed E-state index contributed by atoms with van der Waals surface area (Å²) >= 11 is 3.39. The van der Waals surface area contributed by atoms with Gasteiger partial charge in [-0.3, -0.25) is 0 Å². The van der Waals surface area contributed by atoms with Gasteiger partial charge in [0.1, 0.15) is 5.65 Å². The van der Waals surface area contributed by atoms with Crippen molar-refractivity contribution in [1.29, 1.82) is 0 Å². The van der Waals surface area contributed by atoms with Gasteiger partial charge < -0.3 is 10.1 Å². The van der Waals surface area contributed by atoms with Crippen molar-refractivity contribution >= 4 is 32.9 Å². The molecule has 0 fully saturated rings. The number of aromatic nitrogens is 2. The largest absolute Gasteiger partial charge is 0.478 e. The molecule has 0 unspecified atom stereocenters. The van der Waals surface area contributed by atoms with E-state index in [0.717, 1.165) is 26.6 Å². The fourth-order valence-electron chi connectivity index (χ4n) is 2.04. The van der Waals surface area contributed by atoms with Gasteiger partial charge >= 0.3 is 5.97 Å². The predicted molar refractivity (Wildman–Crippen MR) is 76.2 cm³/mol. The van der Waals surface area contributed by atoms with Gasteiger partial charge in [0.25, 0.3) is 0 Å². The monoisotopic (exact) mass is 316 g/mol. The molecule has 0 aliphatic heterocycles. The summed E-state index contributed by atoms with van der Waals surface area (Å²) in [4.78, 5) is 18.4. The van der Waals surface area contributed by atoms with Gasteiger partial charge in [-0.2, -0.15) is 0 Å². The number of halogens is 1. The van der Waals surface area contributed by atoms with Crippen LogP contribution < -0.4 is 0 Å². The van der Waals surface area contributed by atoms with Crippen LogP contribution in [-0.2, 0) is 0 Å². The highest BCUT2D eigenvalue weighted by Crippen LogP contribution is 2.29. The molecule has 3 rings (SSSR count). The zero-order chi connectivity index (χ0) is 13.4. The number of nitrogens with one attached hydrogen (secondary N) is 1. The highest BCUT2D eigenvalue weighted by atomic mass is 79.9. The third kappa shape index (κ3) is 2.13. The van der Waals surface area contributed by atoms with E-state index in [0.29, 0.717) is 0 Å². The van der Waals surface area contributed by atoms with Gasteiger partial charge in [0.2, 0.25) is 0 Å². The van der Waals surface area contributed by atoms with Crippen LogP contribution in [0.4, 0.5) is 0 Å². The summed E-state index contributed by atoms with van der Waals surface area (Å²) < 4.78 is 0.884. The Morgan fingerprint density at radius 2 is 2.16 bits per heavy atom. The van der Waals surface area contributed by atoms with Gasteiger partial charge in [-0.1, -0.05) is 12.1 Å². The van der Waals surface area contributed by atoms with Gasteiger partial charge in [-0.15, -0.1) is 0 Å². The Balaban J connectivity index is 2.21. The van der Waals surface area contributed by atoms with Crippen LogP contribution in [-0.4, -0.2) is 21.0 Å². The van der Waals surface area contributed by atoms with Crippen molar-refractivity contribution in [2.24, 2.45) is 0 Å². The average molecular weight is 317 g/mol. The van der Waals surface area contributed by atoms with E-state index in [2.05, 4.69) is 25.9 Å². The molecule has 0 saturated heterocycles. The van der Waals surface area contributed by atoms with E-state index in [-0.39, 0.29) is 5.56 Å². The Morgan fingerprint density at radius 1 is 1.32 bits per heavy atom. The van der Waals surface area contributed by atoms with Crippen molar-refractivity contribution in [2.45, 2.75) is 0 Å². The van der Waals surface area contributed by atoms with Crippen LogP contribution in [0.25, 0.3) is 22.2 Å². The fraction of sp³-hybridized carbons (Fsp3) is 0. The number of nitrogens with zero attached hydrogens (tertiary/aromatic N) is 1. The molecule has 4 nitrogen and oxygen atoms in total. The topological polar surface area (TPSA) is 66.0 Å². The SMILES string of the molecule is O=C(O)c1cccc(-c2c[nH]c3ncc(Br)cc23)c1. The molecule has 2 N–H and O–H groups in total. The lowest BCUT2D eigenvalue weighted by molar-refractivity contribution is 0.0697. The zero-order valence-corrected chi connectivity index (χ0v) is 11.3. The van der Waals surface area contributed by atoms with Crippen LogP contribution in [0.15, 0.2) is 47.2 Å². The van der Waals surface area contributed by atoms with Crippen LogP contribution in [0.5, 0.6) is 0 Å². The smallest absolute Gasteiger partial charge is 0.335 e. The van der Waals surface area contributed by atoms with Gasteiger partial charge in [-0.25, -0.2) is 9.78 Å². The van der Waals surface area contributed by atoms with Crippen molar-refractivity contribution in [2.75, 3.05) is 0 Å². The summed E-state index contributed by atoms with van der Waals surface area (Å²) in [6.45, 7) is 0. The lowest BCUT2D eigenvalue weighted by Gasteiger charge is -2.01. The Morgan fingerprint density at radius 3 is 2.95 bits per heavy atom. The molecule has 0 amide bonds. The van der Waals surface area contributed by atoms with Crippen molar-refractivity contribution in [3.63, 3.8) is 0 Å². The Hall–Kier alpha value is -2.14. The van der Waals surface area contributed by atoms with Crippen molar-refractivity contribution in [3.8, 4) is 11.1 Å². The van der Waals surface area contributed by atoms with Crippen LogP contribution in [0.1, 0.15) is 10.4 Å². The molecular weight excluding hydrogens is 308 g/mol. The maximum Gasteiger partial charge on any atom is 0.335 e. The van der Waals surface area contributed by atoms with E-state index in [1.165, 1.54) is 0 Å². The molecule has 19 heavy (non-hydrogen) atoms. The van der Waals surface area contributed by atoms with Crippen molar-refractivity contribution < 1.29 is 9.90 Å². The second-order valence-electron chi connectivity index (χ2n) is 4.14. The first-order chi connectivity index (χ1) is 9.15. The minimum absolute atomic E-state index is 0.273. The van der Waals surface area contributed by atoms with Gasteiger partial charge in [0.05, 0.1) is 5.56 Å². The van der Waals surface area contributed by atoms with E-state index in [4.69, 9.17) is 5.11 Å².